The number of carbonyl (C=O) groups is 2. The van der Waals surface area contributed by atoms with Crippen LogP contribution in [0.1, 0.15) is 97.2 Å². The van der Waals surface area contributed by atoms with Gasteiger partial charge < -0.3 is 48.4 Å². The molecule has 0 aromatic heterocycles. The number of hydrogen-bond donors (Lipinski definition) is 3. The number of rotatable bonds is 21. The number of fused-ring (bicyclic) bond motifs is 2. The Kier molecular flexibility index (Phi) is 17.3. The average molecular weight is 987 g/mol. The number of aliphatic hydroxyl groups excluding tert-OH is 2. The number of benzene rings is 4. The number of unbranched alkanes of at least 4 members (excludes halogenated alkanes) is 2. The van der Waals surface area contributed by atoms with Crippen LogP contribution in [-0.4, -0.2) is 91.6 Å². The van der Waals surface area contributed by atoms with Crippen molar-refractivity contribution in [2.45, 2.75) is 94.8 Å². The molecule has 0 radical (unpaired) electrons. The molecule has 72 heavy (non-hydrogen) atoms. The average Bonchev–Trinajstić information content (AvgIpc) is 3.40. The highest BCUT2D eigenvalue weighted by atomic mass is 19.1. The molecule has 3 N–H and O–H groups in total. The van der Waals surface area contributed by atoms with Gasteiger partial charge in [0.1, 0.15) is 34.9 Å². The van der Waals surface area contributed by atoms with Crippen molar-refractivity contribution in [2.75, 3.05) is 46.0 Å². The molecule has 1 saturated heterocycles. The molecular formula is C56H63FN4O11. The Balaban J connectivity index is 1.32. The number of oxime groups is 1. The predicted octanol–water partition coefficient (Wildman–Crippen LogP) is 9.83. The maximum atomic E-state index is 15.4. The van der Waals surface area contributed by atoms with Crippen molar-refractivity contribution in [1.82, 2.24) is 4.90 Å². The number of anilines is 1. The summed E-state index contributed by atoms with van der Waals surface area (Å²) in [5.41, 5.74) is 3.79. The number of allylic oxidation sites excluding steroid dienone is 1. The normalized spacial score (nSPS) is 23.5. The largest absolute Gasteiger partial charge is 0.497 e. The lowest BCUT2D eigenvalue weighted by Gasteiger charge is -2.60. The zero-order chi connectivity index (χ0) is 50.6. The summed E-state index contributed by atoms with van der Waals surface area (Å²) in [6.07, 6.45) is 8.99. The van der Waals surface area contributed by atoms with Crippen molar-refractivity contribution >= 4 is 23.4 Å². The summed E-state index contributed by atoms with van der Waals surface area (Å²) in [6.45, 7) is 4.62. The molecule has 16 heteroatoms. The van der Waals surface area contributed by atoms with Crippen molar-refractivity contribution in [3.63, 3.8) is 0 Å². The van der Waals surface area contributed by atoms with E-state index in [0.717, 1.165) is 30.4 Å². The Hall–Kier alpha value is -6.77. The first-order valence-corrected chi connectivity index (χ1v) is 24.8. The standard InChI is InChI=1S/C56H63FN4O11/c1-4-28-69-56-50(61(35-37-16-20-40(57)21-17-37)54(64)38-18-14-36(34-58)15-19-38)33-47(60-72-51-13-7-10-29-68-51)44-30-39(11-5-8-26-62)43(12-6-9-27-63)52(53(44)56)45-31-42(23-25-48(45)71-56)70-55(65)59-46-24-22-41(66-2)32-49(46)67-3/h4,14-25,30-32,39,43,50-53,62-63H,1,5-13,26-29,33,35H2,2-3H3,(H,59,65)/t39-,43+,50-,51?,52+,53+,56+/m0/s1. The lowest BCUT2D eigenvalue weighted by atomic mass is 9.55. The van der Waals surface area contributed by atoms with Gasteiger partial charge in [0.2, 0.25) is 12.1 Å². The molecule has 2 aliphatic heterocycles. The van der Waals surface area contributed by atoms with Crippen LogP contribution >= 0.6 is 0 Å². The number of nitriles is 1. The Morgan fingerprint density at radius 3 is 2.42 bits per heavy atom. The predicted molar refractivity (Wildman–Crippen MR) is 266 cm³/mol. The number of halogens is 1. The molecule has 15 nitrogen and oxygen atoms in total. The highest BCUT2D eigenvalue weighted by Crippen LogP contribution is 2.62. The zero-order valence-electron chi connectivity index (χ0n) is 40.8. The second kappa shape index (κ2) is 24.1. The van der Waals surface area contributed by atoms with Crippen LogP contribution in [-0.2, 0) is 20.9 Å². The minimum Gasteiger partial charge on any atom is -0.497 e. The number of ether oxygens (including phenoxy) is 6. The maximum absolute atomic E-state index is 15.4. The Morgan fingerprint density at radius 2 is 1.72 bits per heavy atom. The van der Waals surface area contributed by atoms with Gasteiger partial charge in [-0.15, -0.1) is 6.58 Å². The summed E-state index contributed by atoms with van der Waals surface area (Å²) >= 11 is 0. The van der Waals surface area contributed by atoms with Crippen molar-refractivity contribution in [3.8, 4) is 29.1 Å². The number of methoxy groups -OCH3 is 2. The summed E-state index contributed by atoms with van der Waals surface area (Å²) in [4.78, 5) is 37.1. The number of nitrogens with one attached hydrogen (secondary N) is 1. The van der Waals surface area contributed by atoms with Crippen molar-refractivity contribution in [2.24, 2.45) is 22.9 Å². The van der Waals surface area contributed by atoms with E-state index in [9.17, 15) is 24.7 Å². The van der Waals surface area contributed by atoms with Crippen molar-refractivity contribution in [3.05, 3.63) is 137 Å². The number of nitrogens with zero attached hydrogens (tertiary/aromatic N) is 3. The van der Waals surface area contributed by atoms with Crippen LogP contribution in [0.4, 0.5) is 14.9 Å². The third kappa shape index (κ3) is 11.5. The summed E-state index contributed by atoms with van der Waals surface area (Å²) < 4.78 is 52.0. The van der Waals surface area contributed by atoms with Gasteiger partial charge >= 0.3 is 6.09 Å². The van der Waals surface area contributed by atoms with Gasteiger partial charge in [0, 0.05) is 55.7 Å². The van der Waals surface area contributed by atoms with Crippen LogP contribution in [0.2, 0.25) is 0 Å². The van der Waals surface area contributed by atoms with E-state index in [-0.39, 0.29) is 50.4 Å². The number of amides is 2. The van der Waals surface area contributed by atoms with Gasteiger partial charge in [-0.05, 0) is 128 Å². The third-order valence-corrected chi connectivity index (χ3v) is 14.1. The molecule has 4 aromatic carbocycles. The van der Waals surface area contributed by atoms with E-state index in [1.54, 1.807) is 77.7 Å². The van der Waals surface area contributed by atoms with Gasteiger partial charge in [-0.2, -0.15) is 5.26 Å². The Bertz CT molecular complexity index is 2630. The van der Waals surface area contributed by atoms with E-state index in [1.165, 1.54) is 26.4 Å². The second-order valence-electron chi connectivity index (χ2n) is 18.5. The number of aliphatic hydroxyl groups is 2. The first-order valence-electron chi connectivity index (χ1n) is 24.8. The van der Waals surface area contributed by atoms with Gasteiger partial charge in [-0.1, -0.05) is 42.3 Å². The van der Waals surface area contributed by atoms with Gasteiger partial charge in [0.05, 0.1) is 56.4 Å². The highest BCUT2D eigenvalue weighted by molar-refractivity contribution is 6.03. The molecule has 2 amide bonds. The summed E-state index contributed by atoms with van der Waals surface area (Å²) in [6, 6.07) is 23.8. The molecule has 0 spiro atoms. The van der Waals surface area contributed by atoms with Crippen LogP contribution in [0.15, 0.2) is 114 Å². The van der Waals surface area contributed by atoms with Gasteiger partial charge in [0.15, 0.2) is 0 Å². The molecule has 2 aliphatic carbocycles. The molecule has 0 bridgehead atoms. The van der Waals surface area contributed by atoms with E-state index >= 15 is 4.79 Å². The second-order valence-corrected chi connectivity index (χ2v) is 18.5. The fourth-order valence-corrected chi connectivity index (χ4v) is 10.7. The van der Waals surface area contributed by atoms with Crippen molar-refractivity contribution < 1.29 is 57.5 Å². The van der Waals surface area contributed by atoms with E-state index in [4.69, 9.17) is 38.4 Å². The molecule has 2 heterocycles. The minimum atomic E-state index is -1.64. The fraction of sp³-hybridized carbons (Fsp3) is 0.429. The Morgan fingerprint density at radius 1 is 0.958 bits per heavy atom. The number of carbonyl (C=O) groups excluding carboxylic acids is 2. The molecule has 2 fully saturated rings. The lowest BCUT2D eigenvalue weighted by Crippen LogP contribution is -2.70. The first-order chi connectivity index (χ1) is 35.1. The maximum Gasteiger partial charge on any atom is 0.417 e. The fourth-order valence-electron chi connectivity index (χ4n) is 10.7. The highest BCUT2D eigenvalue weighted by Gasteiger charge is 2.65. The van der Waals surface area contributed by atoms with Gasteiger partial charge in [-0.25, -0.2) is 9.18 Å². The minimum absolute atomic E-state index is 0.0000884. The molecule has 1 saturated carbocycles. The lowest BCUT2D eigenvalue weighted by molar-refractivity contribution is -0.255. The zero-order valence-corrected chi connectivity index (χ0v) is 40.8. The molecule has 8 rings (SSSR count). The first kappa shape index (κ1) is 51.6. The molecule has 380 valence electrons. The SMILES string of the molecule is C=CCO[C@@]12Oc3ccc(OC(=O)Nc4ccc(OC)cc4OC)cc3[C@H]3[C@H](CCCCO)[C@@H](CCCCO)C=C(C(=NOC4CCCCO4)C[C@@H]1N(Cc1ccc(F)cc1)C(=O)c1ccc(C#N)cc1)[C@H]32. The molecular weight excluding hydrogens is 924 g/mol. The third-order valence-electron chi connectivity index (χ3n) is 14.1. The van der Waals surface area contributed by atoms with Crippen LogP contribution in [0.25, 0.3) is 0 Å². The van der Waals surface area contributed by atoms with E-state index < -0.39 is 47.8 Å². The molecule has 4 aromatic rings. The number of hydrogen-bond acceptors (Lipinski definition) is 13. The summed E-state index contributed by atoms with van der Waals surface area (Å²) in [5, 5.41) is 37.5. The van der Waals surface area contributed by atoms with E-state index in [2.05, 4.69) is 24.0 Å². The van der Waals surface area contributed by atoms with E-state index in [1.807, 2.05) is 6.07 Å². The summed E-state index contributed by atoms with van der Waals surface area (Å²) in [5.74, 6) is -2.23. The van der Waals surface area contributed by atoms with Crippen LogP contribution in [0.5, 0.6) is 23.0 Å². The van der Waals surface area contributed by atoms with Crippen LogP contribution in [0.3, 0.4) is 0 Å². The molecule has 7 atom stereocenters. The van der Waals surface area contributed by atoms with Crippen LogP contribution in [0, 0.1) is 34.9 Å². The van der Waals surface area contributed by atoms with Gasteiger partial charge in [0.25, 0.3) is 5.91 Å². The van der Waals surface area contributed by atoms with Crippen LogP contribution < -0.4 is 24.3 Å². The smallest absolute Gasteiger partial charge is 0.417 e. The quantitative estimate of drug-likeness (QED) is 0.0408. The Labute approximate surface area is 419 Å². The molecule has 4 aliphatic rings. The summed E-state index contributed by atoms with van der Waals surface area (Å²) in [7, 11) is 3.02. The van der Waals surface area contributed by atoms with Gasteiger partial charge in [-0.3, -0.25) is 10.1 Å². The topological polar surface area (TPSA) is 191 Å². The van der Waals surface area contributed by atoms with Crippen molar-refractivity contribution in [1.29, 1.82) is 5.26 Å². The van der Waals surface area contributed by atoms with E-state index in [0.29, 0.717) is 90.5 Å². The molecule has 1 unspecified atom stereocenters. The monoisotopic (exact) mass is 986 g/mol.